The Morgan fingerprint density at radius 3 is 3.00 bits per heavy atom. The van der Waals surface area contributed by atoms with E-state index in [9.17, 15) is 9.59 Å². The lowest BCUT2D eigenvalue weighted by atomic mass is 10.2. The van der Waals surface area contributed by atoms with E-state index in [0.29, 0.717) is 10.7 Å². The second kappa shape index (κ2) is 4.62. The monoisotopic (exact) mass is 225 g/mol. The molecular formula is C9H8ClN3O2. The molecule has 0 radical (unpaired) electrons. The molecule has 1 aromatic rings. The number of aromatic nitrogens is 1. The van der Waals surface area contributed by atoms with Crippen LogP contribution < -0.4 is 10.9 Å². The van der Waals surface area contributed by atoms with Gasteiger partial charge in [-0.3, -0.25) is 9.59 Å². The lowest BCUT2D eigenvalue weighted by Crippen LogP contribution is -2.30. The molecule has 0 atom stereocenters. The number of rotatable bonds is 2. The summed E-state index contributed by atoms with van der Waals surface area (Å²) in [6.07, 6.45) is 0. The summed E-state index contributed by atoms with van der Waals surface area (Å²) in [5.74, 6) is -0.611. The second-order valence-corrected chi connectivity index (χ2v) is 3.23. The average molecular weight is 226 g/mol. The third-order valence-electron chi connectivity index (χ3n) is 1.75. The molecule has 1 aromatic heterocycles. The zero-order valence-corrected chi connectivity index (χ0v) is 8.68. The molecule has 1 amide bonds. The number of carbonyl (C=O) groups is 1. The molecule has 1 rings (SSSR count). The van der Waals surface area contributed by atoms with Crippen LogP contribution in [0.5, 0.6) is 0 Å². The van der Waals surface area contributed by atoms with E-state index in [1.165, 1.54) is 6.07 Å². The number of nitrogens with zero attached hydrogens (tertiary/aromatic N) is 1. The number of aromatic amines is 1. The molecule has 0 aromatic carbocycles. The Balaban J connectivity index is 3.06. The predicted octanol–water partition coefficient (Wildman–Crippen LogP) is 0.590. The molecule has 1 heterocycles. The first-order valence-electron chi connectivity index (χ1n) is 4.11. The van der Waals surface area contributed by atoms with Crippen molar-refractivity contribution in [2.45, 2.75) is 6.92 Å². The Labute approximate surface area is 90.7 Å². The summed E-state index contributed by atoms with van der Waals surface area (Å²) in [7, 11) is 0. The Morgan fingerprint density at radius 1 is 1.73 bits per heavy atom. The number of nitriles is 1. The molecule has 0 spiro atoms. The highest BCUT2D eigenvalue weighted by Gasteiger charge is 2.11. The quantitative estimate of drug-likeness (QED) is 0.723. The Bertz CT molecular complexity index is 487. The van der Waals surface area contributed by atoms with Crippen molar-refractivity contribution in [2.75, 3.05) is 6.54 Å². The van der Waals surface area contributed by atoms with E-state index in [-0.39, 0.29) is 12.1 Å². The smallest absolute Gasteiger partial charge is 0.261 e. The van der Waals surface area contributed by atoms with Gasteiger partial charge < -0.3 is 10.3 Å². The number of aryl methyl sites for hydroxylation is 1. The van der Waals surface area contributed by atoms with Gasteiger partial charge >= 0.3 is 0 Å². The lowest BCUT2D eigenvalue weighted by Gasteiger charge is -2.02. The molecule has 0 bridgehead atoms. The van der Waals surface area contributed by atoms with Gasteiger partial charge in [0.1, 0.15) is 12.1 Å². The summed E-state index contributed by atoms with van der Waals surface area (Å²) in [5, 5.41) is 10.8. The van der Waals surface area contributed by atoms with Crippen LogP contribution in [0.25, 0.3) is 0 Å². The van der Waals surface area contributed by atoms with E-state index in [2.05, 4.69) is 10.3 Å². The minimum absolute atomic E-state index is 0.0964. The largest absolute Gasteiger partial charge is 0.339 e. The van der Waals surface area contributed by atoms with Gasteiger partial charge in [-0.15, -0.1) is 0 Å². The van der Waals surface area contributed by atoms with Gasteiger partial charge in [-0.1, -0.05) is 11.6 Å². The molecule has 6 heteroatoms. The molecular weight excluding hydrogens is 218 g/mol. The van der Waals surface area contributed by atoms with Crippen LogP contribution in [0.3, 0.4) is 0 Å². The molecule has 0 aliphatic carbocycles. The van der Waals surface area contributed by atoms with Crippen molar-refractivity contribution in [3.8, 4) is 6.07 Å². The number of hydrogen-bond acceptors (Lipinski definition) is 3. The molecule has 15 heavy (non-hydrogen) atoms. The number of pyridine rings is 1. The normalized spacial score (nSPS) is 9.40. The van der Waals surface area contributed by atoms with E-state index in [4.69, 9.17) is 16.9 Å². The van der Waals surface area contributed by atoms with Crippen LogP contribution >= 0.6 is 11.6 Å². The van der Waals surface area contributed by atoms with E-state index >= 15 is 0 Å². The van der Waals surface area contributed by atoms with Crippen LogP contribution in [0.1, 0.15) is 16.1 Å². The number of hydrogen-bond donors (Lipinski definition) is 2. The first-order valence-corrected chi connectivity index (χ1v) is 4.48. The van der Waals surface area contributed by atoms with Gasteiger partial charge in [0.25, 0.3) is 11.5 Å². The highest BCUT2D eigenvalue weighted by atomic mass is 35.5. The van der Waals surface area contributed by atoms with E-state index < -0.39 is 11.5 Å². The summed E-state index contributed by atoms with van der Waals surface area (Å²) in [6.45, 7) is 1.48. The molecule has 0 saturated carbocycles. The van der Waals surface area contributed by atoms with E-state index in [0.717, 1.165) is 0 Å². The van der Waals surface area contributed by atoms with Crippen LogP contribution in [-0.2, 0) is 0 Å². The van der Waals surface area contributed by atoms with E-state index in [1.807, 2.05) is 0 Å². The van der Waals surface area contributed by atoms with Gasteiger partial charge in [0.05, 0.1) is 11.1 Å². The SMILES string of the molecule is Cc1[nH]c(=O)c(C(=O)NCC#N)cc1Cl. The van der Waals surface area contributed by atoms with Crippen molar-refractivity contribution in [2.24, 2.45) is 0 Å². The van der Waals surface area contributed by atoms with Gasteiger partial charge in [0, 0.05) is 5.69 Å². The second-order valence-electron chi connectivity index (χ2n) is 2.83. The fraction of sp³-hybridized carbons (Fsp3) is 0.222. The first-order chi connectivity index (χ1) is 7.06. The zero-order valence-electron chi connectivity index (χ0n) is 7.93. The van der Waals surface area contributed by atoms with Crippen molar-refractivity contribution < 1.29 is 4.79 Å². The zero-order chi connectivity index (χ0) is 11.4. The number of halogens is 1. The molecule has 0 aliphatic heterocycles. The average Bonchev–Trinajstić information content (AvgIpc) is 2.20. The third-order valence-corrected chi connectivity index (χ3v) is 2.14. The molecule has 0 aliphatic rings. The van der Waals surface area contributed by atoms with Crippen LogP contribution in [0.4, 0.5) is 0 Å². The summed E-state index contributed by atoms with van der Waals surface area (Å²) in [4.78, 5) is 25.1. The number of amides is 1. The van der Waals surface area contributed by atoms with Crippen molar-refractivity contribution in [3.63, 3.8) is 0 Å². The highest BCUT2D eigenvalue weighted by Crippen LogP contribution is 2.11. The Morgan fingerprint density at radius 2 is 2.40 bits per heavy atom. The summed E-state index contributed by atoms with van der Waals surface area (Å²) in [6, 6.07) is 3.02. The van der Waals surface area contributed by atoms with Crippen LogP contribution in [0, 0.1) is 18.3 Å². The molecule has 78 valence electrons. The van der Waals surface area contributed by atoms with Gasteiger partial charge in [-0.05, 0) is 13.0 Å². The number of nitrogens with one attached hydrogen (secondary N) is 2. The van der Waals surface area contributed by atoms with Crippen molar-refractivity contribution in [1.82, 2.24) is 10.3 Å². The van der Waals surface area contributed by atoms with Crippen molar-refractivity contribution in [1.29, 1.82) is 5.26 Å². The van der Waals surface area contributed by atoms with Crippen LogP contribution in [0.2, 0.25) is 5.02 Å². The predicted molar refractivity (Wildman–Crippen MR) is 54.8 cm³/mol. The molecule has 2 N–H and O–H groups in total. The topological polar surface area (TPSA) is 85.8 Å². The fourth-order valence-electron chi connectivity index (χ4n) is 0.982. The minimum atomic E-state index is -0.611. The molecule has 0 saturated heterocycles. The maximum atomic E-state index is 11.3. The number of H-pyrrole nitrogens is 1. The van der Waals surface area contributed by atoms with Crippen molar-refractivity contribution in [3.05, 3.63) is 32.7 Å². The summed E-state index contributed by atoms with van der Waals surface area (Å²) < 4.78 is 0. The van der Waals surface area contributed by atoms with Gasteiger partial charge in [-0.2, -0.15) is 5.26 Å². The maximum Gasteiger partial charge on any atom is 0.261 e. The van der Waals surface area contributed by atoms with E-state index in [1.54, 1.807) is 13.0 Å². The third kappa shape index (κ3) is 2.58. The molecule has 5 nitrogen and oxygen atoms in total. The van der Waals surface area contributed by atoms with Crippen LogP contribution in [-0.4, -0.2) is 17.4 Å². The van der Waals surface area contributed by atoms with Gasteiger partial charge in [0.2, 0.25) is 0 Å². The Kier molecular flexibility index (Phi) is 3.47. The number of carbonyl (C=O) groups excluding carboxylic acids is 1. The Hall–Kier alpha value is -1.80. The van der Waals surface area contributed by atoms with Gasteiger partial charge in [-0.25, -0.2) is 0 Å². The molecule has 0 unspecified atom stereocenters. The maximum absolute atomic E-state index is 11.3. The summed E-state index contributed by atoms with van der Waals surface area (Å²) in [5.41, 5.74) is -0.119. The fourth-order valence-corrected chi connectivity index (χ4v) is 1.14. The minimum Gasteiger partial charge on any atom is -0.339 e. The first kappa shape index (κ1) is 11.3. The molecule has 0 fully saturated rings. The summed E-state index contributed by atoms with van der Waals surface area (Å²) >= 11 is 5.75. The van der Waals surface area contributed by atoms with Crippen LogP contribution in [0.15, 0.2) is 10.9 Å². The lowest BCUT2D eigenvalue weighted by molar-refractivity contribution is 0.0957. The van der Waals surface area contributed by atoms with Crippen molar-refractivity contribution >= 4 is 17.5 Å². The highest BCUT2D eigenvalue weighted by molar-refractivity contribution is 6.31. The standard InChI is InChI=1S/C9H8ClN3O2/c1-5-7(10)4-6(9(15)13-5)8(14)12-3-2-11/h4H,3H2,1H3,(H,12,14)(H,13,15). The van der Waals surface area contributed by atoms with Gasteiger partial charge in [0.15, 0.2) is 0 Å².